The quantitative estimate of drug-likeness (QED) is 0.269. The van der Waals surface area contributed by atoms with Gasteiger partial charge in [0.1, 0.15) is 6.61 Å². The van der Waals surface area contributed by atoms with Crippen molar-refractivity contribution in [2.45, 2.75) is 33.5 Å². The van der Waals surface area contributed by atoms with Crippen LogP contribution >= 0.6 is 0 Å². The van der Waals surface area contributed by atoms with E-state index in [9.17, 15) is 4.79 Å². The first-order valence-corrected chi connectivity index (χ1v) is 5.23. The Morgan fingerprint density at radius 3 is 2.53 bits per heavy atom. The third kappa shape index (κ3) is 9.43. The molecule has 0 fully saturated rings. The first-order valence-electron chi connectivity index (χ1n) is 5.23. The number of rotatable bonds is 8. The summed E-state index contributed by atoms with van der Waals surface area (Å²) in [6.45, 7) is 6.91. The highest BCUT2D eigenvalue weighted by Crippen LogP contribution is 1.94. The summed E-state index contributed by atoms with van der Waals surface area (Å²) in [5, 5.41) is 0. The van der Waals surface area contributed by atoms with E-state index in [0.29, 0.717) is 13.2 Å². The van der Waals surface area contributed by atoms with Crippen molar-refractivity contribution < 1.29 is 19.0 Å². The monoisotopic (exact) mass is 216 g/mol. The Morgan fingerprint density at radius 2 is 1.93 bits per heavy atom. The lowest BCUT2D eigenvalue weighted by molar-refractivity contribution is -0.152. The van der Waals surface area contributed by atoms with Gasteiger partial charge in [-0.25, -0.2) is 4.79 Å². The minimum atomic E-state index is -0.344. The standard InChI is InChI=1S/C11H20O4/c1-4-6-11(12)15-9-8-14-10(3)13-7-5-2/h4,6,10H,5,7-9H2,1-3H3. The van der Waals surface area contributed by atoms with Crippen LogP contribution in [0.1, 0.15) is 27.2 Å². The highest BCUT2D eigenvalue weighted by molar-refractivity contribution is 5.81. The molecule has 0 saturated heterocycles. The minimum absolute atomic E-state index is 0.245. The molecule has 0 heterocycles. The van der Waals surface area contributed by atoms with Crippen molar-refractivity contribution in [2.75, 3.05) is 19.8 Å². The molecule has 4 heteroatoms. The SMILES string of the molecule is CC=CC(=O)OCCOC(C)OCCC. The van der Waals surface area contributed by atoms with E-state index >= 15 is 0 Å². The van der Waals surface area contributed by atoms with Crippen molar-refractivity contribution >= 4 is 5.97 Å². The Balaban J connectivity index is 3.33. The second kappa shape index (κ2) is 9.68. The van der Waals surface area contributed by atoms with Gasteiger partial charge >= 0.3 is 5.97 Å². The summed E-state index contributed by atoms with van der Waals surface area (Å²) in [5.74, 6) is -0.344. The molecular weight excluding hydrogens is 196 g/mol. The van der Waals surface area contributed by atoms with Gasteiger partial charge in [-0.15, -0.1) is 0 Å². The summed E-state index contributed by atoms with van der Waals surface area (Å²) in [7, 11) is 0. The molecule has 0 aliphatic heterocycles. The third-order valence-electron chi connectivity index (χ3n) is 1.54. The third-order valence-corrected chi connectivity index (χ3v) is 1.54. The van der Waals surface area contributed by atoms with Crippen LogP contribution in [0.2, 0.25) is 0 Å². The predicted molar refractivity (Wildman–Crippen MR) is 57.4 cm³/mol. The zero-order valence-electron chi connectivity index (χ0n) is 9.69. The fourth-order valence-corrected chi connectivity index (χ4v) is 0.872. The molecule has 0 amide bonds. The maximum Gasteiger partial charge on any atom is 0.330 e. The number of carbonyl (C=O) groups excluding carboxylic acids is 1. The van der Waals surface area contributed by atoms with Crippen LogP contribution in [-0.2, 0) is 19.0 Å². The highest BCUT2D eigenvalue weighted by Gasteiger charge is 2.01. The van der Waals surface area contributed by atoms with E-state index in [1.54, 1.807) is 13.0 Å². The van der Waals surface area contributed by atoms with Crippen LogP contribution in [0.5, 0.6) is 0 Å². The maximum atomic E-state index is 10.9. The molecule has 1 atom stereocenters. The molecule has 88 valence electrons. The number of allylic oxidation sites excluding steroid dienone is 1. The molecule has 15 heavy (non-hydrogen) atoms. The molecular formula is C11H20O4. The van der Waals surface area contributed by atoms with Gasteiger partial charge in [-0.3, -0.25) is 0 Å². The number of esters is 1. The average molecular weight is 216 g/mol. The van der Waals surface area contributed by atoms with Crippen molar-refractivity contribution in [3.63, 3.8) is 0 Å². The number of hydrogen-bond donors (Lipinski definition) is 0. The fourth-order valence-electron chi connectivity index (χ4n) is 0.872. The summed E-state index contributed by atoms with van der Waals surface area (Å²) in [4.78, 5) is 10.9. The van der Waals surface area contributed by atoms with Gasteiger partial charge in [0.2, 0.25) is 0 Å². The van der Waals surface area contributed by atoms with Crippen LogP contribution < -0.4 is 0 Å². The van der Waals surface area contributed by atoms with Crippen LogP contribution in [0.3, 0.4) is 0 Å². The van der Waals surface area contributed by atoms with E-state index in [0.717, 1.165) is 6.42 Å². The molecule has 0 aromatic heterocycles. The Hall–Kier alpha value is -0.870. The topological polar surface area (TPSA) is 44.8 Å². The van der Waals surface area contributed by atoms with Gasteiger partial charge < -0.3 is 14.2 Å². The molecule has 0 rings (SSSR count). The van der Waals surface area contributed by atoms with Gasteiger partial charge in [0.15, 0.2) is 6.29 Å². The van der Waals surface area contributed by atoms with Crippen LogP contribution in [0.25, 0.3) is 0 Å². The van der Waals surface area contributed by atoms with Gasteiger partial charge in [0.05, 0.1) is 6.61 Å². The van der Waals surface area contributed by atoms with Gasteiger partial charge in [-0.1, -0.05) is 13.0 Å². The Morgan fingerprint density at radius 1 is 1.27 bits per heavy atom. The molecule has 0 spiro atoms. The molecule has 0 radical (unpaired) electrons. The first-order chi connectivity index (χ1) is 7.20. The highest BCUT2D eigenvalue weighted by atomic mass is 16.7. The van der Waals surface area contributed by atoms with Gasteiger partial charge in [0.25, 0.3) is 0 Å². The summed E-state index contributed by atoms with van der Waals surface area (Å²) >= 11 is 0. The van der Waals surface area contributed by atoms with E-state index < -0.39 is 0 Å². The molecule has 4 nitrogen and oxygen atoms in total. The Kier molecular flexibility index (Phi) is 9.11. The van der Waals surface area contributed by atoms with E-state index in [1.165, 1.54) is 6.08 Å². The molecule has 0 saturated carbocycles. The Labute approximate surface area is 91.2 Å². The maximum absolute atomic E-state index is 10.9. The largest absolute Gasteiger partial charge is 0.460 e. The lowest BCUT2D eigenvalue weighted by atomic mass is 10.5. The lowest BCUT2D eigenvalue weighted by Gasteiger charge is -2.13. The van der Waals surface area contributed by atoms with Crippen molar-refractivity contribution in [2.24, 2.45) is 0 Å². The molecule has 0 bridgehead atoms. The van der Waals surface area contributed by atoms with Crippen molar-refractivity contribution in [3.05, 3.63) is 12.2 Å². The zero-order valence-corrected chi connectivity index (χ0v) is 9.69. The molecule has 0 aromatic rings. The second-order valence-electron chi connectivity index (χ2n) is 2.98. The van der Waals surface area contributed by atoms with Crippen LogP contribution in [0, 0.1) is 0 Å². The average Bonchev–Trinajstić information content (AvgIpc) is 2.22. The summed E-state index contributed by atoms with van der Waals surface area (Å²) in [5.41, 5.74) is 0. The number of ether oxygens (including phenoxy) is 3. The van der Waals surface area contributed by atoms with Crippen LogP contribution in [0.15, 0.2) is 12.2 Å². The van der Waals surface area contributed by atoms with E-state index in [-0.39, 0.29) is 18.9 Å². The fraction of sp³-hybridized carbons (Fsp3) is 0.727. The normalized spacial score (nSPS) is 13.0. The molecule has 0 aliphatic carbocycles. The molecule has 0 aromatic carbocycles. The van der Waals surface area contributed by atoms with Gasteiger partial charge in [-0.2, -0.15) is 0 Å². The van der Waals surface area contributed by atoms with Crippen molar-refractivity contribution in [3.8, 4) is 0 Å². The van der Waals surface area contributed by atoms with E-state index in [1.807, 2.05) is 13.8 Å². The van der Waals surface area contributed by atoms with E-state index in [2.05, 4.69) is 0 Å². The Bertz CT molecular complexity index is 189. The summed E-state index contributed by atoms with van der Waals surface area (Å²) in [6, 6.07) is 0. The van der Waals surface area contributed by atoms with Crippen molar-refractivity contribution in [1.29, 1.82) is 0 Å². The minimum Gasteiger partial charge on any atom is -0.460 e. The summed E-state index contributed by atoms with van der Waals surface area (Å²) in [6.07, 6.45) is 3.72. The van der Waals surface area contributed by atoms with E-state index in [4.69, 9.17) is 14.2 Å². The molecule has 0 aliphatic rings. The lowest BCUT2D eigenvalue weighted by Crippen LogP contribution is -2.17. The van der Waals surface area contributed by atoms with Crippen LogP contribution in [-0.4, -0.2) is 32.1 Å². The van der Waals surface area contributed by atoms with Crippen molar-refractivity contribution in [1.82, 2.24) is 0 Å². The van der Waals surface area contributed by atoms with Gasteiger partial charge in [0, 0.05) is 12.7 Å². The summed E-state index contributed by atoms with van der Waals surface area (Å²) < 4.78 is 15.3. The number of hydrogen-bond acceptors (Lipinski definition) is 4. The van der Waals surface area contributed by atoms with Crippen LogP contribution in [0.4, 0.5) is 0 Å². The molecule has 0 N–H and O–H groups in total. The zero-order chi connectivity index (χ0) is 11.5. The first kappa shape index (κ1) is 14.1. The number of carbonyl (C=O) groups is 1. The second-order valence-corrected chi connectivity index (χ2v) is 2.98. The smallest absolute Gasteiger partial charge is 0.330 e. The van der Waals surface area contributed by atoms with Gasteiger partial charge in [-0.05, 0) is 20.3 Å². The molecule has 1 unspecified atom stereocenters. The predicted octanol–water partition coefficient (Wildman–Crippen LogP) is 1.89.